The number of nitrogens with one attached hydrogen (secondary N) is 4. The number of benzene rings is 2. The van der Waals surface area contributed by atoms with Crippen molar-refractivity contribution in [1.82, 2.24) is 20.9 Å². The molecule has 0 bridgehead atoms. The lowest BCUT2D eigenvalue weighted by Crippen LogP contribution is -2.39. The zero-order valence-electron chi connectivity index (χ0n) is 16.4. The van der Waals surface area contributed by atoms with Gasteiger partial charge in [0.1, 0.15) is 0 Å². The van der Waals surface area contributed by atoms with Gasteiger partial charge in [0.15, 0.2) is 5.96 Å². The van der Waals surface area contributed by atoms with Crippen molar-refractivity contribution in [3.8, 4) is 0 Å². The molecular formula is C22H27N5O. The van der Waals surface area contributed by atoms with Gasteiger partial charge in [-0.25, -0.2) is 0 Å². The van der Waals surface area contributed by atoms with Crippen LogP contribution >= 0.6 is 0 Å². The van der Waals surface area contributed by atoms with Crippen LogP contribution in [-0.4, -0.2) is 44.0 Å². The van der Waals surface area contributed by atoms with Crippen LogP contribution in [0, 0.1) is 0 Å². The van der Waals surface area contributed by atoms with Crippen LogP contribution in [0.2, 0.25) is 0 Å². The Bertz CT molecular complexity index is 960. The number of nitrogens with zero attached hydrogens (tertiary/aromatic N) is 1. The average molecular weight is 377 g/mol. The van der Waals surface area contributed by atoms with Crippen LogP contribution in [0.15, 0.2) is 59.7 Å². The number of hydrogen-bond donors (Lipinski definition) is 4. The van der Waals surface area contributed by atoms with E-state index in [0.717, 1.165) is 37.5 Å². The van der Waals surface area contributed by atoms with E-state index in [4.69, 9.17) is 0 Å². The highest BCUT2D eigenvalue weighted by molar-refractivity contribution is 5.94. The molecule has 1 aromatic heterocycles. The van der Waals surface area contributed by atoms with Crippen LogP contribution < -0.4 is 16.0 Å². The smallest absolute Gasteiger partial charge is 0.251 e. The molecule has 1 heterocycles. The zero-order chi connectivity index (χ0) is 19.8. The molecule has 0 atom stereocenters. The minimum atomic E-state index is -0.0652. The molecule has 146 valence electrons. The molecule has 0 aliphatic rings. The fourth-order valence-electron chi connectivity index (χ4n) is 3.21. The second kappa shape index (κ2) is 9.60. The van der Waals surface area contributed by atoms with E-state index >= 15 is 0 Å². The number of fused-ring (bicyclic) bond motifs is 1. The van der Waals surface area contributed by atoms with Gasteiger partial charge in [-0.3, -0.25) is 9.79 Å². The van der Waals surface area contributed by atoms with Crippen LogP contribution in [0.25, 0.3) is 10.9 Å². The van der Waals surface area contributed by atoms with Crippen LogP contribution in [-0.2, 0) is 12.8 Å². The first-order valence-electron chi connectivity index (χ1n) is 9.52. The van der Waals surface area contributed by atoms with Gasteiger partial charge in [0.2, 0.25) is 0 Å². The van der Waals surface area contributed by atoms with Gasteiger partial charge in [0, 0.05) is 49.8 Å². The number of carbonyl (C=O) groups is 1. The van der Waals surface area contributed by atoms with Crippen molar-refractivity contribution < 1.29 is 4.79 Å². The van der Waals surface area contributed by atoms with Gasteiger partial charge < -0.3 is 20.9 Å². The summed E-state index contributed by atoms with van der Waals surface area (Å²) < 4.78 is 0. The molecule has 6 heteroatoms. The highest BCUT2D eigenvalue weighted by atomic mass is 16.1. The Labute approximate surface area is 165 Å². The van der Waals surface area contributed by atoms with E-state index in [0.29, 0.717) is 5.56 Å². The standard InChI is InChI=1S/C22H27N5O/c1-23-21(28)17-7-5-6-16(14-17)10-12-25-22(24-2)26-13-11-18-15-27-20-9-4-3-8-19(18)20/h3-9,14-15,27H,10-13H2,1-2H3,(H,23,28)(H2,24,25,26). The predicted molar refractivity (Wildman–Crippen MR) is 115 cm³/mol. The summed E-state index contributed by atoms with van der Waals surface area (Å²) in [6.07, 6.45) is 3.80. The van der Waals surface area contributed by atoms with Gasteiger partial charge >= 0.3 is 0 Å². The fraction of sp³-hybridized carbons (Fsp3) is 0.273. The van der Waals surface area contributed by atoms with Crippen molar-refractivity contribution in [1.29, 1.82) is 0 Å². The maximum Gasteiger partial charge on any atom is 0.251 e. The molecule has 0 aliphatic heterocycles. The highest BCUT2D eigenvalue weighted by Crippen LogP contribution is 2.17. The molecule has 0 unspecified atom stereocenters. The number of H-pyrrole nitrogens is 1. The van der Waals surface area contributed by atoms with Crippen molar-refractivity contribution in [2.75, 3.05) is 27.2 Å². The summed E-state index contributed by atoms with van der Waals surface area (Å²) in [4.78, 5) is 19.3. The van der Waals surface area contributed by atoms with E-state index in [1.165, 1.54) is 16.5 Å². The van der Waals surface area contributed by atoms with Crippen molar-refractivity contribution in [2.24, 2.45) is 4.99 Å². The van der Waals surface area contributed by atoms with Crippen molar-refractivity contribution in [2.45, 2.75) is 12.8 Å². The zero-order valence-corrected chi connectivity index (χ0v) is 16.4. The van der Waals surface area contributed by atoms with Gasteiger partial charge in [-0.1, -0.05) is 30.3 Å². The molecule has 0 saturated heterocycles. The topological polar surface area (TPSA) is 81.3 Å². The maximum absolute atomic E-state index is 11.7. The Kier molecular flexibility index (Phi) is 6.68. The second-order valence-electron chi connectivity index (χ2n) is 6.56. The minimum absolute atomic E-state index is 0.0652. The molecule has 0 radical (unpaired) electrons. The number of carbonyl (C=O) groups excluding carboxylic acids is 1. The SMILES string of the molecule is CN=C(NCCc1cccc(C(=O)NC)c1)NCCc1c[nH]c2ccccc12. The molecular weight excluding hydrogens is 350 g/mol. The van der Waals surface area contributed by atoms with E-state index in [2.05, 4.69) is 50.3 Å². The Morgan fingerprint density at radius 2 is 1.82 bits per heavy atom. The molecule has 28 heavy (non-hydrogen) atoms. The summed E-state index contributed by atoms with van der Waals surface area (Å²) in [6, 6.07) is 16.0. The van der Waals surface area contributed by atoms with Gasteiger partial charge in [-0.15, -0.1) is 0 Å². The molecule has 0 aliphatic carbocycles. The van der Waals surface area contributed by atoms with Gasteiger partial charge in [0.25, 0.3) is 5.91 Å². The lowest BCUT2D eigenvalue weighted by atomic mass is 10.1. The summed E-state index contributed by atoms with van der Waals surface area (Å²) in [5, 5.41) is 10.6. The first-order valence-corrected chi connectivity index (χ1v) is 9.52. The van der Waals surface area contributed by atoms with Crippen LogP contribution in [0.4, 0.5) is 0 Å². The molecule has 0 spiro atoms. The summed E-state index contributed by atoms with van der Waals surface area (Å²) in [5.41, 5.74) is 4.26. The lowest BCUT2D eigenvalue weighted by molar-refractivity contribution is 0.0963. The number of rotatable bonds is 7. The molecule has 2 aromatic carbocycles. The molecule has 3 aromatic rings. The van der Waals surface area contributed by atoms with E-state index in [1.54, 1.807) is 14.1 Å². The first-order chi connectivity index (χ1) is 13.7. The Hall–Kier alpha value is -3.28. The Balaban J connectivity index is 1.45. The van der Waals surface area contributed by atoms with E-state index in [9.17, 15) is 4.79 Å². The van der Waals surface area contributed by atoms with Crippen LogP contribution in [0.3, 0.4) is 0 Å². The molecule has 6 nitrogen and oxygen atoms in total. The van der Waals surface area contributed by atoms with Crippen molar-refractivity contribution in [3.05, 3.63) is 71.4 Å². The minimum Gasteiger partial charge on any atom is -0.361 e. The van der Waals surface area contributed by atoms with E-state index in [-0.39, 0.29) is 5.91 Å². The molecule has 4 N–H and O–H groups in total. The monoisotopic (exact) mass is 377 g/mol. The van der Waals surface area contributed by atoms with Gasteiger partial charge in [0.05, 0.1) is 0 Å². The maximum atomic E-state index is 11.7. The highest BCUT2D eigenvalue weighted by Gasteiger charge is 2.05. The van der Waals surface area contributed by atoms with E-state index < -0.39 is 0 Å². The first kappa shape index (κ1) is 19.5. The summed E-state index contributed by atoms with van der Waals surface area (Å²) in [5.74, 6) is 0.715. The molecule has 0 fully saturated rings. The number of aromatic amines is 1. The van der Waals surface area contributed by atoms with Crippen LogP contribution in [0.5, 0.6) is 0 Å². The third-order valence-electron chi connectivity index (χ3n) is 4.71. The summed E-state index contributed by atoms with van der Waals surface area (Å²) in [6.45, 7) is 1.54. The number of para-hydroxylation sites is 1. The van der Waals surface area contributed by atoms with Crippen molar-refractivity contribution in [3.63, 3.8) is 0 Å². The fourth-order valence-corrected chi connectivity index (χ4v) is 3.21. The van der Waals surface area contributed by atoms with Gasteiger partial charge in [-0.2, -0.15) is 0 Å². The summed E-state index contributed by atoms with van der Waals surface area (Å²) in [7, 11) is 3.41. The second-order valence-corrected chi connectivity index (χ2v) is 6.56. The Morgan fingerprint density at radius 3 is 2.61 bits per heavy atom. The third-order valence-corrected chi connectivity index (χ3v) is 4.71. The van der Waals surface area contributed by atoms with Crippen LogP contribution in [0.1, 0.15) is 21.5 Å². The predicted octanol–water partition coefficient (Wildman–Crippen LogP) is 2.48. The normalized spacial score (nSPS) is 11.4. The molecule has 3 rings (SSSR count). The quantitative estimate of drug-likeness (QED) is 0.377. The number of hydrogen-bond acceptors (Lipinski definition) is 2. The van der Waals surface area contributed by atoms with E-state index in [1.807, 2.05) is 30.3 Å². The molecule has 1 amide bonds. The summed E-state index contributed by atoms with van der Waals surface area (Å²) >= 11 is 0. The number of aromatic nitrogens is 1. The number of amides is 1. The lowest BCUT2D eigenvalue weighted by Gasteiger charge is -2.12. The largest absolute Gasteiger partial charge is 0.361 e. The number of aliphatic imine (C=N–C) groups is 1. The van der Waals surface area contributed by atoms with Gasteiger partial charge in [-0.05, 0) is 42.2 Å². The molecule has 0 saturated carbocycles. The van der Waals surface area contributed by atoms with Crippen molar-refractivity contribution >= 4 is 22.8 Å². The third kappa shape index (κ3) is 4.91. The Morgan fingerprint density at radius 1 is 1.04 bits per heavy atom. The number of guanidine groups is 1. The average Bonchev–Trinajstić information content (AvgIpc) is 3.15.